The highest BCUT2D eigenvalue weighted by molar-refractivity contribution is 7.09. The Morgan fingerprint density at radius 2 is 1.97 bits per heavy atom. The van der Waals surface area contributed by atoms with E-state index in [1.807, 2.05) is 38.1 Å². The van der Waals surface area contributed by atoms with Crippen molar-refractivity contribution in [2.45, 2.75) is 52.2 Å². The number of aromatic nitrogens is 1. The molecule has 0 saturated heterocycles. The van der Waals surface area contributed by atoms with Gasteiger partial charge in [-0.25, -0.2) is 0 Å². The SMILES string of the molecule is COc1ccc(NC(=O)c2cc(C)n(Cc3cccs3)c2C)cc1OC1CCCC1. The summed E-state index contributed by atoms with van der Waals surface area (Å²) < 4.78 is 13.8. The molecule has 0 aliphatic heterocycles. The first-order valence-electron chi connectivity index (χ1n) is 10.4. The number of thiophene rings is 1. The van der Waals surface area contributed by atoms with E-state index < -0.39 is 0 Å². The number of nitrogens with one attached hydrogen (secondary N) is 1. The van der Waals surface area contributed by atoms with Crippen molar-refractivity contribution in [3.05, 3.63) is 63.6 Å². The van der Waals surface area contributed by atoms with Gasteiger partial charge in [0.1, 0.15) is 0 Å². The average molecular weight is 425 g/mol. The lowest BCUT2D eigenvalue weighted by atomic mass is 10.2. The van der Waals surface area contributed by atoms with Gasteiger partial charge in [0.25, 0.3) is 5.91 Å². The quantitative estimate of drug-likeness (QED) is 0.522. The van der Waals surface area contributed by atoms with E-state index in [2.05, 4.69) is 27.4 Å². The summed E-state index contributed by atoms with van der Waals surface area (Å²) in [4.78, 5) is 14.3. The van der Waals surface area contributed by atoms with Crippen LogP contribution in [-0.4, -0.2) is 23.7 Å². The van der Waals surface area contributed by atoms with Crippen molar-refractivity contribution < 1.29 is 14.3 Å². The number of carbonyl (C=O) groups is 1. The number of hydrogen-bond acceptors (Lipinski definition) is 4. The number of carbonyl (C=O) groups excluding carboxylic acids is 1. The summed E-state index contributed by atoms with van der Waals surface area (Å²) in [6, 6.07) is 11.7. The lowest BCUT2D eigenvalue weighted by Crippen LogP contribution is -2.15. The first-order valence-corrected chi connectivity index (χ1v) is 11.3. The molecule has 0 unspecified atom stereocenters. The van der Waals surface area contributed by atoms with Gasteiger partial charge >= 0.3 is 0 Å². The summed E-state index contributed by atoms with van der Waals surface area (Å²) in [7, 11) is 1.64. The first-order chi connectivity index (χ1) is 14.5. The minimum Gasteiger partial charge on any atom is -0.493 e. The summed E-state index contributed by atoms with van der Waals surface area (Å²) in [5.74, 6) is 1.26. The van der Waals surface area contributed by atoms with Crippen LogP contribution in [0, 0.1) is 13.8 Å². The van der Waals surface area contributed by atoms with Crippen LogP contribution in [-0.2, 0) is 6.54 Å². The summed E-state index contributed by atoms with van der Waals surface area (Å²) in [5.41, 5.74) is 3.44. The fourth-order valence-corrected chi connectivity index (χ4v) is 4.76. The maximum atomic E-state index is 13.0. The molecule has 5 nitrogen and oxygen atoms in total. The molecular formula is C24H28N2O3S. The van der Waals surface area contributed by atoms with Crippen LogP contribution in [0.4, 0.5) is 5.69 Å². The van der Waals surface area contributed by atoms with Crippen molar-refractivity contribution >= 4 is 22.9 Å². The van der Waals surface area contributed by atoms with Crippen LogP contribution >= 0.6 is 11.3 Å². The molecule has 1 aromatic carbocycles. The van der Waals surface area contributed by atoms with Crippen molar-refractivity contribution in [2.24, 2.45) is 0 Å². The molecule has 30 heavy (non-hydrogen) atoms. The van der Waals surface area contributed by atoms with Crippen LogP contribution < -0.4 is 14.8 Å². The number of anilines is 1. The zero-order chi connectivity index (χ0) is 21.1. The van der Waals surface area contributed by atoms with Gasteiger partial charge in [-0.05, 0) is 69.2 Å². The standard InChI is InChI=1S/C24H28N2O3S/c1-16-13-21(17(2)26(16)15-20-9-6-12-30-20)24(27)25-18-10-11-22(28-3)23(14-18)29-19-7-4-5-8-19/h6,9-14,19H,4-5,7-8,15H2,1-3H3,(H,25,27). The van der Waals surface area contributed by atoms with Gasteiger partial charge < -0.3 is 19.4 Å². The second-order valence-electron chi connectivity index (χ2n) is 7.79. The molecule has 3 aromatic rings. The van der Waals surface area contributed by atoms with Gasteiger partial charge in [0.15, 0.2) is 11.5 Å². The van der Waals surface area contributed by atoms with Crippen LogP contribution in [0.15, 0.2) is 41.8 Å². The number of aryl methyl sites for hydroxylation is 1. The van der Waals surface area contributed by atoms with Crippen LogP contribution in [0.5, 0.6) is 11.5 Å². The Labute approximate surface area is 181 Å². The Hall–Kier alpha value is -2.73. The molecule has 1 amide bonds. The van der Waals surface area contributed by atoms with Gasteiger partial charge in [0.2, 0.25) is 0 Å². The zero-order valence-corrected chi connectivity index (χ0v) is 18.6. The number of rotatable bonds is 7. The molecule has 1 aliphatic rings. The molecule has 1 fully saturated rings. The fourth-order valence-electron chi connectivity index (χ4n) is 4.06. The third kappa shape index (κ3) is 4.38. The maximum absolute atomic E-state index is 13.0. The lowest BCUT2D eigenvalue weighted by Gasteiger charge is -2.17. The molecule has 6 heteroatoms. The third-order valence-electron chi connectivity index (χ3n) is 5.73. The van der Waals surface area contributed by atoms with E-state index in [4.69, 9.17) is 9.47 Å². The molecule has 1 aliphatic carbocycles. The van der Waals surface area contributed by atoms with Crippen LogP contribution in [0.3, 0.4) is 0 Å². The minimum absolute atomic E-state index is 0.113. The highest BCUT2D eigenvalue weighted by Crippen LogP contribution is 2.34. The molecule has 2 heterocycles. The zero-order valence-electron chi connectivity index (χ0n) is 17.7. The second kappa shape index (κ2) is 8.96. The van der Waals surface area contributed by atoms with E-state index in [9.17, 15) is 4.79 Å². The number of hydrogen-bond donors (Lipinski definition) is 1. The molecule has 4 rings (SSSR count). The van der Waals surface area contributed by atoms with E-state index in [1.54, 1.807) is 18.4 Å². The first kappa shape index (κ1) is 20.5. The maximum Gasteiger partial charge on any atom is 0.257 e. The highest BCUT2D eigenvalue weighted by Gasteiger charge is 2.20. The number of ether oxygens (including phenoxy) is 2. The molecule has 158 valence electrons. The molecule has 0 radical (unpaired) electrons. The van der Waals surface area contributed by atoms with Crippen LogP contribution in [0.25, 0.3) is 0 Å². The Morgan fingerprint density at radius 3 is 2.67 bits per heavy atom. The highest BCUT2D eigenvalue weighted by atomic mass is 32.1. The molecule has 0 spiro atoms. The van der Waals surface area contributed by atoms with Crippen molar-refractivity contribution in [3.63, 3.8) is 0 Å². The van der Waals surface area contributed by atoms with Crippen molar-refractivity contribution in [1.29, 1.82) is 0 Å². The van der Waals surface area contributed by atoms with Crippen molar-refractivity contribution in [2.75, 3.05) is 12.4 Å². The Balaban J connectivity index is 1.52. The van der Waals surface area contributed by atoms with Crippen molar-refractivity contribution in [3.8, 4) is 11.5 Å². The number of benzene rings is 1. The third-order valence-corrected chi connectivity index (χ3v) is 6.59. The summed E-state index contributed by atoms with van der Waals surface area (Å²) in [6.07, 6.45) is 4.75. The van der Waals surface area contributed by atoms with Gasteiger partial charge in [-0.3, -0.25) is 4.79 Å². The number of methoxy groups -OCH3 is 1. The second-order valence-corrected chi connectivity index (χ2v) is 8.83. The molecule has 1 N–H and O–H groups in total. The van der Waals surface area contributed by atoms with E-state index in [-0.39, 0.29) is 12.0 Å². The number of nitrogens with zero attached hydrogens (tertiary/aromatic N) is 1. The van der Waals surface area contributed by atoms with E-state index in [0.717, 1.165) is 30.8 Å². The topological polar surface area (TPSA) is 52.5 Å². The van der Waals surface area contributed by atoms with Gasteiger partial charge in [0.05, 0.1) is 25.3 Å². The summed E-state index contributed by atoms with van der Waals surface area (Å²) >= 11 is 1.73. The molecular weight excluding hydrogens is 396 g/mol. The molecule has 0 atom stereocenters. The Bertz CT molecular complexity index is 1020. The van der Waals surface area contributed by atoms with Crippen LogP contribution in [0.2, 0.25) is 0 Å². The molecule has 1 saturated carbocycles. The molecule has 2 aromatic heterocycles. The predicted molar refractivity (Wildman–Crippen MR) is 121 cm³/mol. The van der Waals surface area contributed by atoms with E-state index >= 15 is 0 Å². The smallest absolute Gasteiger partial charge is 0.257 e. The predicted octanol–water partition coefficient (Wildman–Crippen LogP) is 5.80. The van der Waals surface area contributed by atoms with Gasteiger partial charge in [-0.15, -0.1) is 11.3 Å². The Morgan fingerprint density at radius 1 is 1.17 bits per heavy atom. The monoisotopic (exact) mass is 424 g/mol. The number of amides is 1. The van der Waals surface area contributed by atoms with E-state index in [0.29, 0.717) is 22.7 Å². The Kier molecular flexibility index (Phi) is 6.13. The van der Waals surface area contributed by atoms with Crippen LogP contribution in [0.1, 0.15) is 52.3 Å². The largest absolute Gasteiger partial charge is 0.493 e. The molecule has 0 bridgehead atoms. The average Bonchev–Trinajstić information content (AvgIpc) is 3.48. The normalized spacial score (nSPS) is 14.1. The van der Waals surface area contributed by atoms with Gasteiger partial charge in [0, 0.05) is 28.0 Å². The van der Waals surface area contributed by atoms with Crippen molar-refractivity contribution in [1.82, 2.24) is 4.57 Å². The summed E-state index contributed by atoms with van der Waals surface area (Å²) in [6.45, 7) is 4.82. The van der Waals surface area contributed by atoms with E-state index in [1.165, 1.54) is 17.7 Å². The summed E-state index contributed by atoms with van der Waals surface area (Å²) in [5, 5.41) is 5.11. The van der Waals surface area contributed by atoms with Gasteiger partial charge in [-0.1, -0.05) is 6.07 Å². The lowest BCUT2D eigenvalue weighted by molar-refractivity contribution is 0.102. The minimum atomic E-state index is -0.113. The fraction of sp³-hybridized carbons (Fsp3) is 0.375. The van der Waals surface area contributed by atoms with Gasteiger partial charge in [-0.2, -0.15) is 0 Å².